The molecule has 0 saturated carbocycles. The van der Waals surface area contributed by atoms with E-state index < -0.39 is 11.2 Å². The van der Waals surface area contributed by atoms with E-state index in [0.29, 0.717) is 39.7 Å². The maximum Gasteiger partial charge on any atom is 0.333 e. The van der Waals surface area contributed by atoms with Crippen LogP contribution < -0.4 is 25.5 Å². The molecule has 2 heterocycles. The summed E-state index contributed by atoms with van der Waals surface area (Å²) in [6.45, 7) is 0. The van der Waals surface area contributed by atoms with Gasteiger partial charge in [0, 0.05) is 17.3 Å². The van der Waals surface area contributed by atoms with Crippen LogP contribution in [-0.4, -0.2) is 40.6 Å². The number of nitrogens with one attached hydrogen (secondary N) is 1. The molecule has 0 atom stereocenters. The van der Waals surface area contributed by atoms with E-state index in [1.165, 1.54) is 27.4 Å². The summed E-state index contributed by atoms with van der Waals surface area (Å²) < 4.78 is 18.4. The second-order valence-electron chi connectivity index (χ2n) is 8.08. The lowest BCUT2D eigenvalue weighted by molar-refractivity contribution is 0.355. The number of rotatable bonds is 6. The second-order valence-corrected chi connectivity index (χ2v) is 8.47. The molecule has 0 unspecified atom stereocenters. The molecule has 0 radical (unpaired) electrons. The van der Waals surface area contributed by atoms with Crippen LogP contribution in [-0.2, 0) is 0 Å². The SMILES string of the molecule is COc1ccc(-n2c(=O)[nH]c3cc(Cl)n(-c4ccc(-c5cccc(OC)c5O)cc4)c3c2=O)cc1OC. The Hall–Kier alpha value is -4.63. The summed E-state index contributed by atoms with van der Waals surface area (Å²) in [7, 11) is 4.45. The van der Waals surface area contributed by atoms with Crippen molar-refractivity contribution < 1.29 is 19.3 Å². The van der Waals surface area contributed by atoms with Gasteiger partial charge in [-0.2, -0.15) is 0 Å². The number of benzene rings is 3. The van der Waals surface area contributed by atoms with Crippen molar-refractivity contribution >= 4 is 22.6 Å². The molecule has 5 rings (SSSR count). The quantitative estimate of drug-likeness (QED) is 0.341. The number of hydrogen-bond donors (Lipinski definition) is 2. The van der Waals surface area contributed by atoms with Gasteiger partial charge in [0.2, 0.25) is 0 Å². The predicted molar refractivity (Wildman–Crippen MR) is 141 cm³/mol. The van der Waals surface area contributed by atoms with E-state index in [1.54, 1.807) is 65.2 Å². The van der Waals surface area contributed by atoms with E-state index in [2.05, 4.69) is 4.98 Å². The number of para-hydroxylation sites is 1. The van der Waals surface area contributed by atoms with Gasteiger partial charge < -0.3 is 24.3 Å². The number of ether oxygens (including phenoxy) is 3. The van der Waals surface area contributed by atoms with Crippen LogP contribution in [0.5, 0.6) is 23.0 Å². The van der Waals surface area contributed by atoms with Gasteiger partial charge in [0.15, 0.2) is 23.0 Å². The molecule has 0 amide bonds. The van der Waals surface area contributed by atoms with Gasteiger partial charge >= 0.3 is 5.69 Å². The lowest BCUT2D eigenvalue weighted by atomic mass is 10.0. The standard InChI is InChI=1S/C27H22ClN3O6/c1-35-20-12-11-17(13-22(20)37-3)31-26(33)24-19(29-27(31)34)14-23(28)30(24)16-9-7-15(8-10-16)18-5-4-6-21(36-2)25(18)32/h4-14,32H,1-3H3,(H,29,34). The minimum Gasteiger partial charge on any atom is -0.504 e. The highest BCUT2D eigenvalue weighted by molar-refractivity contribution is 6.31. The minimum absolute atomic E-state index is 0.0255. The number of H-pyrrole nitrogens is 1. The lowest BCUT2D eigenvalue weighted by Gasteiger charge is -2.12. The van der Waals surface area contributed by atoms with Crippen LogP contribution in [0.25, 0.3) is 33.5 Å². The van der Waals surface area contributed by atoms with Crippen LogP contribution in [0.4, 0.5) is 0 Å². The summed E-state index contributed by atoms with van der Waals surface area (Å²) in [5, 5.41) is 10.7. The Bertz CT molecular complexity index is 1750. The van der Waals surface area contributed by atoms with Crippen LogP contribution in [0.1, 0.15) is 0 Å². The first kappa shape index (κ1) is 24.1. The van der Waals surface area contributed by atoms with Gasteiger partial charge in [-0.25, -0.2) is 9.36 Å². The summed E-state index contributed by atoms with van der Waals surface area (Å²) in [6, 6.07) is 18.6. The fourth-order valence-corrected chi connectivity index (χ4v) is 4.61. The third-order valence-corrected chi connectivity index (χ3v) is 6.37. The average molecular weight is 520 g/mol. The molecule has 10 heteroatoms. The Morgan fingerprint density at radius 1 is 0.784 bits per heavy atom. The molecule has 0 saturated heterocycles. The molecule has 9 nitrogen and oxygen atoms in total. The van der Waals surface area contributed by atoms with Crippen molar-refractivity contribution in [3.05, 3.63) is 92.7 Å². The molecule has 0 aliphatic rings. The first-order valence-corrected chi connectivity index (χ1v) is 11.5. The van der Waals surface area contributed by atoms with Crippen LogP contribution in [0.15, 0.2) is 76.3 Å². The Labute approximate surface area is 215 Å². The second kappa shape index (κ2) is 9.44. The number of aromatic hydroxyl groups is 1. The number of hydrogen-bond acceptors (Lipinski definition) is 6. The Kier molecular flexibility index (Phi) is 6.14. The molecule has 0 bridgehead atoms. The maximum absolute atomic E-state index is 13.7. The molecule has 3 aromatic carbocycles. The van der Waals surface area contributed by atoms with Gasteiger partial charge in [0.05, 0.1) is 32.5 Å². The van der Waals surface area contributed by atoms with Gasteiger partial charge in [-0.05, 0) is 42.0 Å². The number of nitrogens with zero attached hydrogens (tertiary/aromatic N) is 2. The maximum atomic E-state index is 13.7. The van der Waals surface area contributed by atoms with Crippen LogP contribution in [0.2, 0.25) is 5.15 Å². The number of aromatic nitrogens is 3. The number of fused-ring (bicyclic) bond motifs is 1. The number of aromatic amines is 1. The fraction of sp³-hybridized carbons (Fsp3) is 0.111. The zero-order valence-corrected chi connectivity index (χ0v) is 20.9. The van der Waals surface area contributed by atoms with Crippen molar-refractivity contribution in [2.75, 3.05) is 21.3 Å². The summed E-state index contributed by atoms with van der Waals surface area (Å²) >= 11 is 6.53. The summed E-state index contributed by atoms with van der Waals surface area (Å²) in [5.74, 6) is 1.22. The molecule has 0 aliphatic carbocycles. The van der Waals surface area contributed by atoms with Crippen LogP contribution in [0, 0.1) is 0 Å². The number of halogens is 1. The summed E-state index contributed by atoms with van der Waals surface area (Å²) in [5.41, 5.74) is 1.53. The molecular formula is C27H22ClN3O6. The highest BCUT2D eigenvalue weighted by Gasteiger charge is 2.19. The molecule has 0 fully saturated rings. The topological polar surface area (TPSA) is 108 Å². The largest absolute Gasteiger partial charge is 0.504 e. The normalized spacial score (nSPS) is 11.0. The lowest BCUT2D eigenvalue weighted by Crippen LogP contribution is -2.34. The van der Waals surface area contributed by atoms with Crippen molar-refractivity contribution in [1.82, 2.24) is 14.1 Å². The van der Waals surface area contributed by atoms with Crippen molar-refractivity contribution in [2.24, 2.45) is 0 Å². The van der Waals surface area contributed by atoms with Gasteiger partial charge in [0.25, 0.3) is 5.56 Å². The summed E-state index contributed by atoms with van der Waals surface area (Å²) in [4.78, 5) is 29.3. The first-order chi connectivity index (χ1) is 17.9. The van der Waals surface area contributed by atoms with Gasteiger partial charge in [-0.1, -0.05) is 35.9 Å². The van der Waals surface area contributed by atoms with Crippen molar-refractivity contribution in [3.63, 3.8) is 0 Å². The highest BCUT2D eigenvalue weighted by atomic mass is 35.5. The van der Waals surface area contributed by atoms with Crippen molar-refractivity contribution in [1.29, 1.82) is 0 Å². The van der Waals surface area contributed by atoms with E-state index in [1.807, 2.05) is 0 Å². The van der Waals surface area contributed by atoms with E-state index in [-0.39, 0.29) is 16.4 Å². The van der Waals surface area contributed by atoms with E-state index >= 15 is 0 Å². The molecule has 0 aliphatic heterocycles. The summed E-state index contributed by atoms with van der Waals surface area (Å²) in [6.07, 6.45) is 0. The smallest absolute Gasteiger partial charge is 0.333 e. The number of phenolic OH excluding ortho intramolecular Hbond substituents is 1. The van der Waals surface area contributed by atoms with Crippen molar-refractivity contribution in [2.45, 2.75) is 0 Å². The monoisotopic (exact) mass is 519 g/mol. The molecule has 5 aromatic rings. The Morgan fingerprint density at radius 2 is 1.46 bits per heavy atom. The third kappa shape index (κ3) is 3.99. The van der Waals surface area contributed by atoms with E-state index in [9.17, 15) is 14.7 Å². The van der Waals surface area contributed by atoms with Gasteiger partial charge in [-0.3, -0.25) is 9.36 Å². The fourth-order valence-electron chi connectivity index (χ4n) is 4.32. The number of phenols is 1. The van der Waals surface area contributed by atoms with Gasteiger partial charge in [-0.15, -0.1) is 0 Å². The first-order valence-electron chi connectivity index (χ1n) is 11.1. The van der Waals surface area contributed by atoms with E-state index in [0.717, 1.165) is 10.1 Å². The van der Waals surface area contributed by atoms with Crippen LogP contribution >= 0.6 is 11.6 Å². The van der Waals surface area contributed by atoms with Gasteiger partial charge in [0.1, 0.15) is 10.7 Å². The van der Waals surface area contributed by atoms with Crippen molar-refractivity contribution in [3.8, 4) is 45.5 Å². The molecule has 2 aromatic heterocycles. The molecular weight excluding hydrogens is 498 g/mol. The van der Waals surface area contributed by atoms with E-state index in [4.69, 9.17) is 25.8 Å². The predicted octanol–water partition coefficient (Wildman–Crippen LogP) is 4.52. The molecule has 37 heavy (non-hydrogen) atoms. The number of methoxy groups -OCH3 is 3. The zero-order valence-electron chi connectivity index (χ0n) is 20.1. The average Bonchev–Trinajstić information content (AvgIpc) is 3.24. The minimum atomic E-state index is -0.623. The van der Waals surface area contributed by atoms with Crippen LogP contribution in [0.3, 0.4) is 0 Å². The highest BCUT2D eigenvalue weighted by Crippen LogP contribution is 2.37. The Morgan fingerprint density at radius 3 is 2.14 bits per heavy atom. The third-order valence-electron chi connectivity index (χ3n) is 6.09. The zero-order chi connectivity index (χ0) is 26.3. The molecule has 2 N–H and O–H groups in total. The Balaban J connectivity index is 1.66. The molecule has 188 valence electrons. The molecule has 0 spiro atoms.